The number of benzene rings is 1. The first-order chi connectivity index (χ1) is 10.1. The van der Waals surface area contributed by atoms with E-state index in [1.54, 1.807) is 20.4 Å². The molecular weight excluding hydrogens is 402 g/mol. The Kier molecular flexibility index (Phi) is 5.58. The lowest BCUT2D eigenvalue weighted by Crippen LogP contribution is -2.30. The lowest BCUT2D eigenvalue weighted by Gasteiger charge is -2.22. The number of nitrogens with two attached hydrogens (primary N) is 1. The first kappa shape index (κ1) is 16.2. The Balaban J connectivity index is 2.61. The van der Waals surface area contributed by atoms with E-state index in [0.29, 0.717) is 11.5 Å². The van der Waals surface area contributed by atoms with Crippen molar-refractivity contribution in [1.82, 2.24) is 10.4 Å². The summed E-state index contributed by atoms with van der Waals surface area (Å²) >= 11 is 6.90. The van der Waals surface area contributed by atoms with Crippen LogP contribution in [0.2, 0.25) is 0 Å². The highest BCUT2D eigenvalue weighted by molar-refractivity contribution is 9.11. The molecule has 1 atom stereocenters. The van der Waals surface area contributed by atoms with Gasteiger partial charge in [-0.25, -0.2) is 5.43 Å². The SMILES string of the molecule is COc1cccc(OC)c1C(NN)c1ncc(Br)cc1Br. The molecule has 0 aliphatic heterocycles. The lowest BCUT2D eigenvalue weighted by atomic mass is 10.0. The molecule has 21 heavy (non-hydrogen) atoms. The molecule has 0 fully saturated rings. The molecule has 0 aliphatic rings. The van der Waals surface area contributed by atoms with Crippen LogP contribution in [0.3, 0.4) is 0 Å². The Bertz CT molecular complexity index is 615. The normalized spacial score (nSPS) is 12.0. The summed E-state index contributed by atoms with van der Waals surface area (Å²) < 4.78 is 12.6. The van der Waals surface area contributed by atoms with Crippen molar-refractivity contribution >= 4 is 31.9 Å². The molecule has 5 nitrogen and oxygen atoms in total. The zero-order valence-corrected chi connectivity index (χ0v) is 14.7. The van der Waals surface area contributed by atoms with Crippen LogP contribution in [-0.4, -0.2) is 19.2 Å². The highest BCUT2D eigenvalue weighted by atomic mass is 79.9. The summed E-state index contributed by atoms with van der Waals surface area (Å²) in [5.41, 5.74) is 4.31. The third kappa shape index (κ3) is 3.37. The van der Waals surface area contributed by atoms with Gasteiger partial charge in [-0.2, -0.15) is 0 Å². The molecule has 1 aromatic carbocycles. The molecule has 7 heteroatoms. The van der Waals surface area contributed by atoms with Crippen molar-refractivity contribution in [2.24, 2.45) is 5.84 Å². The smallest absolute Gasteiger partial charge is 0.127 e. The van der Waals surface area contributed by atoms with Gasteiger partial charge in [0, 0.05) is 15.1 Å². The molecule has 0 bridgehead atoms. The molecule has 0 saturated heterocycles. The number of hydrogen-bond acceptors (Lipinski definition) is 5. The standard InChI is InChI=1S/C14H15Br2N3O2/c1-20-10-4-3-5-11(21-2)12(10)14(19-17)13-9(16)6-8(15)7-18-13/h3-7,14,19H,17H2,1-2H3. The van der Waals surface area contributed by atoms with E-state index in [2.05, 4.69) is 42.3 Å². The summed E-state index contributed by atoms with van der Waals surface area (Å²) in [4.78, 5) is 4.43. The van der Waals surface area contributed by atoms with Crippen molar-refractivity contribution in [3.05, 3.63) is 50.7 Å². The van der Waals surface area contributed by atoms with Gasteiger partial charge >= 0.3 is 0 Å². The van der Waals surface area contributed by atoms with Crippen LogP contribution in [0.25, 0.3) is 0 Å². The van der Waals surface area contributed by atoms with Crippen molar-refractivity contribution < 1.29 is 9.47 Å². The fourth-order valence-corrected chi connectivity index (χ4v) is 3.32. The molecule has 2 rings (SSSR count). The maximum atomic E-state index is 5.76. The average Bonchev–Trinajstić information content (AvgIpc) is 2.49. The zero-order chi connectivity index (χ0) is 15.4. The molecule has 2 aromatic rings. The third-order valence-electron chi connectivity index (χ3n) is 3.03. The largest absolute Gasteiger partial charge is 0.496 e. The molecule has 0 amide bonds. The average molecular weight is 417 g/mol. The number of hydrogen-bond donors (Lipinski definition) is 2. The van der Waals surface area contributed by atoms with Crippen LogP contribution in [-0.2, 0) is 0 Å². The van der Waals surface area contributed by atoms with Gasteiger partial charge in [0.15, 0.2) is 0 Å². The third-order valence-corrected chi connectivity index (χ3v) is 4.10. The maximum absolute atomic E-state index is 5.76. The fraction of sp³-hybridized carbons (Fsp3) is 0.214. The summed E-state index contributed by atoms with van der Waals surface area (Å²) in [6.45, 7) is 0. The van der Waals surface area contributed by atoms with E-state index in [0.717, 1.165) is 20.2 Å². The summed E-state index contributed by atoms with van der Waals surface area (Å²) in [7, 11) is 3.21. The minimum Gasteiger partial charge on any atom is -0.496 e. The van der Waals surface area contributed by atoms with Crippen LogP contribution < -0.4 is 20.7 Å². The van der Waals surface area contributed by atoms with Crippen molar-refractivity contribution in [2.75, 3.05) is 14.2 Å². The van der Waals surface area contributed by atoms with E-state index in [4.69, 9.17) is 15.3 Å². The zero-order valence-electron chi connectivity index (χ0n) is 11.6. The predicted molar refractivity (Wildman–Crippen MR) is 88.3 cm³/mol. The first-order valence-corrected chi connectivity index (χ1v) is 7.69. The number of nitrogens with one attached hydrogen (secondary N) is 1. The van der Waals surface area contributed by atoms with Gasteiger partial charge in [-0.3, -0.25) is 10.8 Å². The van der Waals surface area contributed by atoms with Crippen LogP contribution in [0.1, 0.15) is 17.3 Å². The minimum absolute atomic E-state index is 0.376. The highest BCUT2D eigenvalue weighted by Gasteiger charge is 2.24. The number of aromatic nitrogens is 1. The molecule has 1 unspecified atom stereocenters. The lowest BCUT2D eigenvalue weighted by molar-refractivity contribution is 0.376. The molecule has 0 aliphatic carbocycles. The van der Waals surface area contributed by atoms with Crippen molar-refractivity contribution in [1.29, 1.82) is 0 Å². The summed E-state index contributed by atoms with van der Waals surface area (Å²) in [5.74, 6) is 7.11. The molecule has 0 saturated carbocycles. The summed E-state index contributed by atoms with van der Waals surface area (Å²) in [6.07, 6.45) is 1.71. The molecule has 0 spiro atoms. The predicted octanol–water partition coefficient (Wildman–Crippen LogP) is 3.18. The summed E-state index contributed by atoms with van der Waals surface area (Å²) in [6, 6.07) is 7.11. The number of methoxy groups -OCH3 is 2. The van der Waals surface area contributed by atoms with E-state index in [1.807, 2.05) is 24.3 Å². The van der Waals surface area contributed by atoms with Gasteiger partial charge in [0.2, 0.25) is 0 Å². The minimum atomic E-state index is -0.376. The Morgan fingerprint density at radius 1 is 1.19 bits per heavy atom. The van der Waals surface area contributed by atoms with Gasteiger partial charge in [-0.1, -0.05) is 6.07 Å². The molecule has 3 N–H and O–H groups in total. The van der Waals surface area contributed by atoms with Gasteiger partial charge in [0.25, 0.3) is 0 Å². The number of nitrogens with zero attached hydrogens (tertiary/aromatic N) is 1. The number of hydrazine groups is 1. The molecular formula is C14H15Br2N3O2. The fourth-order valence-electron chi connectivity index (χ4n) is 2.10. The molecule has 112 valence electrons. The van der Waals surface area contributed by atoms with Crippen molar-refractivity contribution in [3.8, 4) is 11.5 Å². The molecule has 1 aromatic heterocycles. The Morgan fingerprint density at radius 3 is 2.29 bits per heavy atom. The van der Waals surface area contributed by atoms with E-state index in [1.165, 1.54) is 0 Å². The Hall–Kier alpha value is -1.15. The van der Waals surface area contributed by atoms with E-state index < -0.39 is 0 Å². The topological polar surface area (TPSA) is 69.4 Å². The van der Waals surface area contributed by atoms with Crippen LogP contribution >= 0.6 is 31.9 Å². The van der Waals surface area contributed by atoms with Gasteiger partial charge in [0.1, 0.15) is 11.5 Å². The van der Waals surface area contributed by atoms with Crippen molar-refractivity contribution in [3.63, 3.8) is 0 Å². The summed E-state index contributed by atoms with van der Waals surface area (Å²) in [5, 5.41) is 0. The van der Waals surface area contributed by atoms with Gasteiger partial charge < -0.3 is 9.47 Å². The Morgan fingerprint density at radius 2 is 1.81 bits per heavy atom. The van der Waals surface area contributed by atoms with Crippen LogP contribution in [0.4, 0.5) is 0 Å². The quantitative estimate of drug-likeness (QED) is 0.578. The highest BCUT2D eigenvalue weighted by Crippen LogP contribution is 2.38. The Labute approximate surface area is 140 Å². The van der Waals surface area contributed by atoms with Crippen LogP contribution in [0, 0.1) is 0 Å². The first-order valence-electron chi connectivity index (χ1n) is 6.10. The van der Waals surface area contributed by atoms with Gasteiger partial charge in [-0.15, -0.1) is 0 Å². The maximum Gasteiger partial charge on any atom is 0.127 e. The molecule has 0 radical (unpaired) electrons. The monoisotopic (exact) mass is 415 g/mol. The molecule has 1 heterocycles. The second-order valence-electron chi connectivity index (χ2n) is 4.20. The van der Waals surface area contributed by atoms with Gasteiger partial charge in [0.05, 0.1) is 31.5 Å². The number of pyridine rings is 1. The van der Waals surface area contributed by atoms with Crippen molar-refractivity contribution in [2.45, 2.75) is 6.04 Å². The van der Waals surface area contributed by atoms with Crippen LogP contribution in [0.5, 0.6) is 11.5 Å². The van der Waals surface area contributed by atoms with Gasteiger partial charge in [-0.05, 0) is 50.1 Å². The van der Waals surface area contributed by atoms with E-state index in [9.17, 15) is 0 Å². The number of rotatable bonds is 5. The van der Waals surface area contributed by atoms with E-state index >= 15 is 0 Å². The second kappa shape index (κ2) is 7.22. The number of halogens is 2. The second-order valence-corrected chi connectivity index (χ2v) is 5.97. The van der Waals surface area contributed by atoms with E-state index in [-0.39, 0.29) is 6.04 Å². The number of ether oxygens (including phenoxy) is 2. The van der Waals surface area contributed by atoms with Crippen LogP contribution in [0.15, 0.2) is 39.4 Å².